The second-order valence-electron chi connectivity index (χ2n) is 5.34. The second-order valence-corrected chi connectivity index (χ2v) is 7.21. The quantitative estimate of drug-likeness (QED) is 0.819. The number of H-pyrrole nitrogens is 1. The number of aromatic nitrogens is 2. The van der Waals surface area contributed by atoms with Crippen molar-refractivity contribution in [3.05, 3.63) is 40.7 Å². The van der Waals surface area contributed by atoms with E-state index in [2.05, 4.69) is 10.2 Å². The largest absolute Gasteiger partial charge is 0.398 e. The van der Waals surface area contributed by atoms with Crippen LogP contribution < -0.4 is 5.73 Å². The first-order chi connectivity index (χ1) is 9.91. The highest BCUT2D eigenvalue weighted by Gasteiger charge is 2.32. The van der Waals surface area contributed by atoms with E-state index in [1.165, 1.54) is 4.31 Å². The normalized spacial score (nSPS) is 15.9. The van der Waals surface area contributed by atoms with Crippen molar-refractivity contribution in [3.8, 4) is 0 Å². The molecule has 2 heterocycles. The summed E-state index contributed by atoms with van der Waals surface area (Å²) >= 11 is 0. The molecule has 3 rings (SSSR count). The van der Waals surface area contributed by atoms with E-state index in [0.717, 1.165) is 16.8 Å². The molecule has 6 nitrogen and oxygen atoms in total. The Bertz CT molecular complexity index is 776. The molecule has 0 saturated heterocycles. The number of sulfonamides is 1. The topological polar surface area (TPSA) is 92.1 Å². The van der Waals surface area contributed by atoms with Gasteiger partial charge < -0.3 is 5.73 Å². The van der Waals surface area contributed by atoms with Gasteiger partial charge in [-0.15, -0.1) is 0 Å². The van der Waals surface area contributed by atoms with Gasteiger partial charge in [0.05, 0.1) is 11.4 Å². The van der Waals surface area contributed by atoms with Gasteiger partial charge in [0.25, 0.3) is 0 Å². The SMILES string of the molecule is Cc1n[nH]c(C)c1S(=O)(=O)N1CCc2c(N)cccc2C1. The summed E-state index contributed by atoms with van der Waals surface area (Å²) in [5, 5.41) is 6.72. The van der Waals surface area contributed by atoms with Crippen LogP contribution in [0.15, 0.2) is 23.1 Å². The predicted octanol–water partition coefficient (Wildman–Crippen LogP) is 1.36. The third-order valence-corrected chi connectivity index (χ3v) is 6.03. The lowest BCUT2D eigenvalue weighted by Gasteiger charge is -2.28. The summed E-state index contributed by atoms with van der Waals surface area (Å²) in [6, 6.07) is 5.65. The Balaban J connectivity index is 2.00. The van der Waals surface area contributed by atoms with E-state index >= 15 is 0 Å². The number of benzene rings is 1. The molecule has 1 aliphatic rings. The summed E-state index contributed by atoms with van der Waals surface area (Å²) in [5.74, 6) is 0. The van der Waals surface area contributed by atoms with Gasteiger partial charge in [-0.2, -0.15) is 9.40 Å². The van der Waals surface area contributed by atoms with Crippen LogP contribution in [0.25, 0.3) is 0 Å². The molecule has 0 fully saturated rings. The van der Waals surface area contributed by atoms with Gasteiger partial charge in [0.1, 0.15) is 4.90 Å². The molecule has 112 valence electrons. The third-order valence-electron chi connectivity index (χ3n) is 3.93. The van der Waals surface area contributed by atoms with Crippen LogP contribution in [-0.4, -0.2) is 29.5 Å². The minimum absolute atomic E-state index is 0.287. The molecular weight excluding hydrogens is 288 g/mol. The zero-order valence-electron chi connectivity index (χ0n) is 12.0. The molecular formula is C14H18N4O2S. The minimum Gasteiger partial charge on any atom is -0.398 e. The highest BCUT2D eigenvalue weighted by Crippen LogP contribution is 2.29. The summed E-state index contributed by atoms with van der Waals surface area (Å²) in [6.45, 7) is 4.22. The molecule has 0 bridgehead atoms. The molecule has 1 aromatic heterocycles. The molecule has 0 saturated carbocycles. The number of anilines is 1. The molecule has 0 amide bonds. The fourth-order valence-electron chi connectivity index (χ4n) is 2.87. The monoisotopic (exact) mass is 306 g/mol. The second kappa shape index (κ2) is 4.85. The van der Waals surface area contributed by atoms with Gasteiger partial charge in [-0.1, -0.05) is 12.1 Å². The molecule has 1 aromatic carbocycles. The van der Waals surface area contributed by atoms with Crippen LogP contribution >= 0.6 is 0 Å². The first-order valence-corrected chi connectivity index (χ1v) is 8.23. The molecule has 2 aromatic rings. The Morgan fingerprint density at radius 2 is 2.10 bits per heavy atom. The average Bonchev–Trinajstić information content (AvgIpc) is 2.78. The lowest BCUT2D eigenvalue weighted by molar-refractivity contribution is 0.391. The van der Waals surface area contributed by atoms with Gasteiger partial charge in [0.15, 0.2) is 0 Å². The van der Waals surface area contributed by atoms with Crippen molar-refractivity contribution in [1.29, 1.82) is 0 Å². The van der Waals surface area contributed by atoms with Crippen LogP contribution in [0.3, 0.4) is 0 Å². The van der Waals surface area contributed by atoms with Gasteiger partial charge in [-0.05, 0) is 37.5 Å². The van der Waals surface area contributed by atoms with Crippen molar-refractivity contribution in [2.24, 2.45) is 0 Å². The number of hydrogen-bond acceptors (Lipinski definition) is 4. The maximum absolute atomic E-state index is 12.8. The van der Waals surface area contributed by atoms with E-state index in [1.807, 2.05) is 18.2 Å². The van der Waals surface area contributed by atoms with Crippen LogP contribution in [0.4, 0.5) is 5.69 Å². The van der Waals surface area contributed by atoms with Crippen molar-refractivity contribution in [1.82, 2.24) is 14.5 Å². The number of nitrogen functional groups attached to an aromatic ring is 1. The highest BCUT2D eigenvalue weighted by molar-refractivity contribution is 7.89. The maximum atomic E-state index is 12.8. The van der Waals surface area contributed by atoms with Gasteiger partial charge >= 0.3 is 0 Å². The molecule has 21 heavy (non-hydrogen) atoms. The van der Waals surface area contributed by atoms with Crippen molar-refractivity contribution in [2.45, 2.75) is 31.7 Å². The summed E-state index contributed by atoms with van der Waals surface area (Å²) < 4.78 is 27.1. The van der Waals surface area contributed by atoms with E-state index in [-0.39, 0.29) is 4.90 Å². The minimum atomic E-state index is -3.54. The van der Waals surface area contributed by atoms with Crippen LogP contribution in [0, 0.1) is 13.8 Å². The number of aromatic amines is 1. The zero-order valence-corrected chi connectivity index (χ0v) is 12.9. The van der Waals surface area contributed by atoms with E-state index in [0.29, 0.717) is 30.9 Å². The summed E-state index contributed by atoms with van der Waals surface area (Å²) in [5.41, 5.74) is 9.81. The number of nitrogens with zero attached hydrogens (tertiary/aromatic N) is 2. The number of fused-ring (bicyclic) bond motifs is 1. The number of rotatable bonds is 2. The van der Waals surface area contributed by atoms with E-state index in [4.69, 9.17) is 5.73 Å². The van der Waals surface area contributed by atoms with Crippen molar-refractivity contribution < 1.29 is 8.42 Å². The van der Waals surface area contributed by atoms with Crippen LogP contribution in [0.1, 0.15) is 22.5 Å². The average molecular weight is 306 g/mol. The zero-order chi connectivity index (χ0) is 15.2. The van der Waals surface area contributed by atoms with Gasteiger partial charge in [0, 0.05) is 18.8 Å². The van der Waals surface area contributed by atoms with Gasteiger partial charge in [-0.3, -0.25) is 5.10 Å². The predicted molar refractivity (Wildman–Crippen MR) is 80.2 cm³/mol. The van der Waals surface area contributed by atoms with Crippen LogP contribution in [0.2, 0.25) is 0 Å². The molecule has 0 aliphatic carbocycles. The Morgan fingerprint density at radius 1 is 1.33 bits per heavy atom. The summed E-state index contributed by atoms with van der Waals surface area (Å²) in [4.78, 5) is 0.287. The first-order valence-electron chi connectivity index (χ1n) is 6.79. The Hall–Kier alpha value is -1.86. The summed E-state index contributed by atoms with van der Waals surface area (Å²) in [7, 11) is -3.54. The van der Waals surface area contributed by atoms with Crippen LogP contribution in [-0.2, 0) is 23.0 Å². The third kappa shape index (κ3) is 2.22. The number of nitrogens with one attached hydrogen (secondary N) is 1. The molecule has 7 heteroatoms. The van der Waals surface area contributed by atoms with Gasteiger partial charge in [0.2, 0.25) is 10.0 Å². The standard InChI is InChI=1S/C14H18N4O2S/c1-9-14(10(2)17-16-9)21(19,20)18-7-6-12-11(8-18)4-3-5-13(12)15/h3-5H,6-8,15H2,1-2H3,(H,16,17). The molecule has 3 N–H and O–H groups in total. The highest BCUT2D eigenvalue weighted by atomic mass is 32.2. The first kappa shape index (κ1) is 14.1. The van der Waals surface area contributed by atoms with E-state index in [1.54, 1.807) is 13.8 Å². The molecule has 0 radical (unpaired) electrons. The molecule has 1 aliphatic heterocycles. The smallest absolute Gasteiger partial charge is 0.247 e. The Morgan fingerprint density at radius 3 is 2.76 bits per heavy atom. The number of hydrogen-bond donors (Lipinski definition) is 2. The maximum Gasteiger partial charge on any atom is 0.247 e. The lowest BCUT2D eigenvalue weighted by atomic mass is 9.99. The summed E-state index contributed by atoms with van der Waals surface area (Å²) in [6.07, 6.45) is 0.636. The number of nitrogens with two attached hydrogens (primary N) is 1. The fourth-order valence-corrected chi connectivity index (χ4v) is 4.62. The van der Waals surface area contributed by atoms with Crippen molar-refractivity contribution in [3.63, 3.8) is 0 Å². The molecule has 0 unspecified atom stereocenters. The molecule has 0 spiro atoms. The Kier molecular flexibility index (Phi) is 3.26. The fraction of sp³-hybridized carbons (Fsp3) is 0.357. The van der Waals surface area contributed by atoms with E-state index < -0.39 is 10.0 Å². The lowest BCUT2D eigenvalue weighted by Crippen LogP contribution is -2.36. The van der Waals surface area contributed by atoms with E-state index in [9.17, 15) is 8.42 Å². The Labute approximate surface area is 124 Å². The molecule has 0 atom stereocenters. The van der Waals surface area contributed by atoms with Crippen LogP contribution in [0.5, 0.6) is 0 Å². The van der Waals surface area contributed by atoms with Crippen molar-refractivity contribution in [2.75, 3.05) is 12.3 Å². The van der Waals surface area contributed by atoms with Gasteiger partial charge in [-0.25, -0.2) is 8.42 Å². The number of aryl methyl sites for hydroxylation is 2. The van der Waals surface area contributed by atoms with Crippen molar-refractivity contribution >= 4 is 15.7 Å².